The molecule has 0 aliphatic carbocycles. The van der Waals surface area contributed by atoms with Crippen LogP contribution in [0.3, 0.4) is 0 Å². The molecule has 0 unspecified atom stereocenters. The number of hydrogen-bond acceptors (Lipinski definition) is 3. The fraction of sp³-hybridized carbons (Fsp3) is 0.250. The molecule has 0 aliphatic rings. The molecule has 0 atom stereocenters. The Morgan fingerprint density at radius 1 is 0.254 bits per heavy atom. The van der Waals surface area contributed by atoms with E-state index in [2.05, 4.69) is 219 Å². The summed E-state index contributed by atoms with van der Waals surface area (Å²) < 4.78 is 0. The van der Waals surface area contributed by atoms with Crippen molar-refractivity contribution in [3.05, 3.63) is 198 Å². The maximum Gasteiger partial charge on any atom is 0.0463 e. The third kappa shape index (κ3) is 10.3. The number of rotatable bonds is 18. The van der Waals surface area contributed by atoms with Gasteiger partial charge in [-0.2, -0.15) is 0 Å². The standard InChI is InChI=1S/C56H61N3/c1-6-9-12-45-19-29-50(30-20-45)57(48-25-15-43(4)16-26-48)53-35-39-55(40-36-53)59(52-33-23-47(24-34-52)14-11-8-3)56-41-37-54(38-42-56)58(49-27-17-44(5)18-28-49)51-31-21-46(22-32-51)13-10-7-2/h15-42H,6-14H2,1-5H3. The van der Waals surface area contributed by atoms with E-state index in [1.165, 1.54) is 66.3 Å². The fourth-order valence-electron chi connectivity index (χ4n) is 7.81. The molecule has 0 heterocycles. The van der Waals surface area contributed by atoms with Crippen molar-refractivity contribution in [1.82, 2.24) is 0 Å². The van der Waals surface area contributed by atoms with Crippen LogP contribution < -0.4 is 14.7 Å². The van der Waals surface area contributed by atoms with Crippen LogP contribution in [-0.2, 0) is 19.3 Å². The highest BCUT2D eigenvalue weighted by Gasteiger charge is 2.18. The second-order valence-electron chi connectivity index (χ2n) is 16.0. The van der Waals surface area contributed by atoms with Crippen molar-refractivity contribution in [1.29, 1.82) is 0 Å². The zero-order valence-corrected chi connectivity index (χ0v) is 35.9. The van der Waals surface area contributed by atoms with E-state index in [9.17, 15) is 0 Å². The average Bonchev–Trinajstić information content (AvgIpc) is 3.28. The predicted molar refractivity (Wildman–Crippen MR) is 256 cm³/mol. The van der Waals surface area contributed by atoms with Gasteiger partial charge in [0.15, 0.2) is 0 Å². The Kier molecular flexibility index (Phi) is 14.0. The monoisotopic (exact) mass is 775 g/mol. The topological polar surface area (TPSA) is 9.72 Å². The minimum Gasteiger partial charge on any atom is -0.311 e. The van der Waals surface area contributed by atoms with Crippen molar-refractivity contribution in [2.45, 2.75) is 92.4 Å². The van der Waals surface area contributed by atoms with Gasteiger partial charge in [-0.15, -0.1) is 0 Å². The number of benzene rings is 7. The van der Waals surface area contributed by atoms with Gasteiger partial charge < -0.3 is 14.7 Å². The molecule has 0 spiro atoms. The summed E-state index contributed by atoms with van der Waals surface area (Å²) in [6.45, 7) is 11.1. The minimum absolute atomic E-state index is 1.10. The van der Waals surface area contributed by atoms with Crippen LogP contribution in [-0.4, -0.2) is 0 Å². The molecule has 0 aromatic heterocycles. The molecule has 0 fully saturated rings. The largest absolute Gasteiger partial charge is 0.311 e. The Labute approximate surface area is 354 Å². The average molecular weight is 776 g/mol. The van der Waals surface area contributed by atoms with Crippen molar-refractivity contribution in [3.8, 4) is 0 Å². The van der Waals surface area contributed by atoms with Crippen molar-refractivity contribution < 1.29 is 0 Å². The molecule has 300 valence electrons. The van der Waals surface area contributed by atoms with Crippen LogP contribution in [0.15, 0.2) is 170 Å². The molecule has 3 heteroatoms. The van der Waals surface area contributed by atoms with Crippen molar-refractivity contribution in [2.75, 3.05) is 14.7 Å². The van der Waals surface area contributed by atoms with Gasteiger partial charge >= 0.3 is 0 Å². The third-order valence-corrected chi connectivity index (χ3v) is 11.4. The molecule has 0 amide bonds. The molecule has 59 heavy (non-hydrogen) atoms. The minimum atomic E-state index is 1.10. The van der Waals surface area contributed by atoms with E-state index < -0.39 is 0 Å². The van der Waals surface area contributed by atoms with Crippen LogP contribution in [0.25, 0.3) is 0 Å². The lowest BCUT2D eigenvalue weighted by atomic mass is 10.1. The van der Waals surface area contributed by atoms with Crippen molar-refractivity contribution in [2.24, 2.45) is 0 Å². The molecule has 0 radical (unpaired) electrons. The normalized spacial score (nSPS) is 11.1. The van der Waals surface area contributed by atoms with Crippen molar-refractivity contribution in [3.63, 3.8) is 0 Å². The zero-order chi connectivity index (χ0) is 41.0. The van der Waals surface area contributed by atoms with Gasteiger partial charge in [-0.1, -0.05) is 112 Å². The molecule has 7 aromatic carbocycles. The smallest absolute Gasteiger partial charge is 0.0463 e. The van der Waals surface area contributed by atoms with Crippen LogP contribution in [0.2, 0.25) is 0 Å². The van der Waals surface area contributed by atoms with Crippen LogP contribution in [0.4, 0.5) is 51.2 Å². The summed E-state index contributed by atoms with van der Waals surface area (Å²) in [6, 6.07) is 63.2. The molecule has 7 aromatic rings. The highest BCUT2D eigenvalue weighted by molar-refractivity contribution is 5.83. The second kappa shape index (κ2) is 20.1. The van der Waals surface area contributed by atoms with Crippen LogP contribution in [0.5, 0.6) is 0 Å². The first kappa shape index (κ1) is 41.1. The number of aryl methyl sites for hydroxylation is 5. The second-order valence-corrected chi connectivity index (χ2v) is 16.0. The van der Waals surface area contributed by atoms with Gasteiger partial charge in [0.2, 0.25) is 0 Å². The molecular weight excluding hydrogens is 715 g/mol. The molecular formula is C56H61N3. The lowest BCUT2D eigenvalue weighted by Gasteiger charge is -2.29. The number of hydrogen-bond donors (Lipinski definition) is 0. The molecule has 0 saturated carbocycles. The first-order valence-electron chi connectivity index (χ1n) is 21.9. The first-order valence-corrected chi connectivity index (χ1v) is 21.9. The lowest BCUT2D eigenvalue weighted by Crippen LogP contribution is -2.13. The van der Waals surface area contributed by atoms with E-state index in [4.69, 9.17) is 0 Å². The molecule has 3 nitrogen and oxygen atoms in total. The maximum absolute atomic E-state index is 2.38. The number of unbranched alkanes of at least 4 members (excludes halogenated alkanes) is 3. The predicted octanol–water partition coefficient (Wildman–Crippen LogP) is 16.7. The summed E-state index contributed by atoms with van der Waals surface area (Å²) in [7, 11) is 0. The maximum atomic E-state index is 2.38. The van der Waals surface area contributed by atoms with Crippen LogP contribution in [0, 0.1) is 13.8 Å². The van der Waals surface area contributed by atoms with E-state index in [0.29, 0.717) is 0 Å². The lowest BCUT2D eigenvalue weighted by molar-refractivity contribution is 0.795. The first-order chi connectivity index (χ1) is 28.9. The summed E-state index contributed by atoms with van der Waals surface area (Å²) in [4.78, 5) is 7.11. The zero-order valence-electron chi connectivity index (χ0n) is 35.9. The molecule has 0 saturated heterocycles. The Bertz CT molecular complexity index is 2160. The van der Waals surface area contributed by atoms with E-state index in [0.717, 1.165) is 70.4 Å². The quantitative estimate of drug-likeness (QED) is 0.0859. The highest BCUT2D eigenvalue weighted by atomic mass is 15.2. The summed E-state index contributed by atoms with van der Waals surface area (Å²) in [6.07, 6.45) is 10.5. The Morgan fingerprint density at radius 2 is 0.424 bits per heavy atom. The van der Waals surface area contributed by atoms with Crippen LogP contribution in [0.1, 0.15) is 87.1 Å². The molecule has 0 N–H and O–H groups in total. The summed E-state index contributed by atoms with van der Waals surface area (Å²) in [5, 5.41) is 0. The van der Waals surface area contributed by atoms with Gasteiger partial charge in [0.25, 0.3) is 0 Å². The van der Waals surface area contributed by atoms with E-state index in [1.807, 2.05) is 0 Å². The Morgan fingerprint density at radius 3 is 0.610 bits per heavy atom. The van der Waals surface area contributed by atoms with E-state index >= 15 is 0 Å². The Balaban J connectivity index is 1.26. The Hall–Kier alpha value is -6.06. The van der Waals surface area contributed by atoms with Gasteiger partial charge in [0, 0.05) is 51.2 Å². The molecule has 0 aliphatic heterocycles. The summed E-state index contributed by atoms with van der Waals surface area (Å²) in [5.41, 5.74) is 16.9. The highest BCUT2D eigenvalue weighted by Crippen LogP contribution is 2.41. The fourth-order valence-corrected chi connectivity index (χ4v) is 7.81. The van der Waals surface area contributed by atoms with E-state index in [-0.39, 0.29) is 0 Å². The van der Waals surface area contributed by atoms with Gasteiger partial charge in [-0.3, -0.25) is 0 Å². The molecule has 7 rings (SSSR count). The van der Waals surface area contributed by atoms with Gasteiger partial charge in [0.1, 0.15) is 0 Å². The SMILES string of the molecule is CCCCc1ccc(N(c2ccc(C)cc2)c2ccc(N(c3ccc(CCCC)cc3)c3ccc(N(c4ccc(C)cc4)c4ccc(CCCC)cc4)cc3)cc2)cc1. The van der Waals surface area contributed by atoms with Gasteiger partial charge in [-0.05, 0) is 178 Å². The number of anilines is 9. The van der Waals surface area contributed by atoms with E-state index in [1.54, 1.807) is 0 Å². The molecule has 0 bridgehead atoms. The van der Waals surface area contributed by atoms with Gasteiger partial charge in [0.05, 0.1) is 0 Å². The number of nitrogens with zero attached hydrogens (tertiary/aromatic N) is 3. The summed E-state index contributed by atoms with van der Waals surface area (Å²) in [5.74, 6) is 0. The third-order valence-electron chi connectivity index (χ3n) is 11.4. The van der Waals surface area contributed by atoms with Crippen LogP contribution >= 0.6 is 0 Å². The summed E-state index contributed by atoms with van der Waals surface area (Å²) >= 11 is 0. The van der Waals surface area contributed by atoms with Crippen molar-refractivity contribution >= 4 is 51.2 Å². The van der Waals surface area contributed by atoms with Gasteiger partial charge in [-0.25, -0.2) is 0 Å².